The number of rotatable bonds is 7. The fraction of sp³-hybridized carbons (Fsp3) is 0.429. The molecule has 1 unspecified atom stereocenters. The number of benzene rings is 1. The molecule has 2 atom stereocenters. The van der Waals surface area contributed by atoms with Gasteiger partial charge < -0.3 is 16.2 Å². The Morgan fingerprint density at radius 2 is 1.95 bits per heavy atom. The van der Waals surface area contributed by atoms with Crippen molar-refractivity contribution in [3.63, 3.8) is 0 Å². The molecule has 0 aliphatic heterocycles. The van der Waals surface area contributed by atoms with Crippen molar-refractivity contribution in [1.82, 2.24) is 5.32 Å². The highest BCUT2D eigenvalue weighted by molar-refractivity contribution is 5.83. The van der Waals surface area contributed by atoms with E-state index in [4.69, 9.17) is 5.73 Å². The summed E-state index contributed by atoms with van der Waals surface area (Å²) in [4.78, 5) is 22.9. The molecule has 0 heterocycles. The highest BCUT2D eigenvalue weighted by atomic mass is 16.4. The van der Waals surface area contributed by atoms with Crippen molar-refractivity contribution in [1.29, 1.82) is 0 Å². The van der Waals surface area contributed by atoms with Crippen LogP contribution in [0.5, 0.6) is 0 Å². The monoisotopic (exact) mass is 264 g/mol. The summed E-state index contributed by atoms with van der Waals surface area (Å²) in [5.41, 5.74) is 6.34. The largest absolute Gasteiger partial charge is 0.481 e. The Morgan fingerprint density at radius 1 is 1.32 bits per heavy atom. The van der Waals surface area contributed by atoms with Crippen LogP contribution >= 0.6 is 0 Å². The molecule has 5 nitrogen and oxygen atoms in total. The fourth-order valence-corrected chi connectivity index (χ4v) is 1.81. The van der Waals surface area contributed by atoms with E-state index in [0.29, 0.717) is 12.0 Å². The molecular formula is C14H20N2O3. The lowest BCUT2D eigenvalue weighted by atomic mass is 9.99. The summed E-state index contributed by atoms with van der Waals surface area (Å²) in [5, 5.41) is 11.8. The van der Waals surface area contributed by atoms with Gasteiger partial charge in [-0.3, -0.25) is 9.59 Å². The van der Waals surface area contributed by atoms with Gasteiger partial charge in [-0.1, -0.05) is 43.7 Å². The first-order valence-electron chi connectivity index (χ1n) is 6.37. The quantitative estimate of drug-likeness (QED) is 0.687. The zero-order valence-electron chi connectivity index (χ0n) is 11.0. The predicted molar refractivity (Wildman–Crippen MR) is 72.7 cm³/mol. The van der Waals surface area contributed by atoms with E-state index in [1.807, 2.05) is 13.0 Å². The number of nitrogens with two attached hydrogens (primary N) is 1. The zero-order valence-corrected chi connectivity index (χ0v) is 11.0. The number of nitrogens with one attached hydrogen (secondary N) is 1. The van der Waals surface area contributed by atoms with Crippen molar-refractivity contribution in [2.24, 2.45) is 5.73 Å². The first kappa shape index (κ1) is 15.2. The Labute approximate surface area is 112 Å². The maximum Gasteiger partial charge on any atom is 0.312 e. The van der Waals surface area contributed by atoms with E-state index in [1.165, 1.54) is 0 Å². The molecule has 4 N–H and O–H groups in total. The Balaban J connectivity index is 2.61. The molecule has 1 aromatic carbocycles. The molecule has 0 aliphatic carbocycles. The second kappa shape index (κ2) is 7.53. The van der Waals surface area contributed by atoms with Crippen molar-refractivity contribution in [3.05, 3.63) is 35.9 Å². The normalized spacial score (nSPS) is 13.6. The number of amides is 1. The molecule has 0 aliphatic rings. The molecule has 0 saturated carbocycles. The smallest absolute Gasteiger partial charge is 0.312 e. The molecule has 0 aromatic heterocycles. The third kappa shape index (κ3) is 4.71. The number of carbonyl (C=O) groups excluding carboxylic acids is 1. The van der Waals surface area contributed by atoms with Gasteiger partial charge in [-0.05, 0) is 12.0 Å². The van der Waals surface area contributed by atoms with Crippen LogP contribution in [0.1, 0.15) is 31.2 Å². The van der Waals surface area contributed by atoms with Gasteiger partial charge in [-0.25, -0.2) is 0 Å². The van der Waals surface area contributed by atoms with Crippen LogP contribution in [0.15, 0.2) is 30.3 Å². The number of carboxylic acids is 1. The number of carboxylic acid groups (broad SMARTS) is 1. The van der Waals surface area contributed by atoms with Crippen LogP contribution in [-0.2, 0) is 9.59 Å². The number of carbonyl (C=O) groups is 2. The van der Waals surface area contributed by atoms with E-state index in [-0.39, 0.29) is 12.5 Å². The van der Waals surface area contributed by atoms with Crippen LogP contribution < -0.4 is 11.1 Å². The minimum Gasteiger partial charge on any atom is -0.481 e. The van der Waals surface area contributed by atoms with Crippen LogP contribution in [0, 0.1) is 0 Å². The second-order valence-corrected chi connectivity index (χ2v) is 4.44. The minimum atomic E-state index is -0.962. The number of hydrogen-bond donors (Lipinski definition) is 3. The SMILES string of the molecule is CCC[C@@H](N)C(=O)NCC(C(=O)O)c1ccccc1. The van der Waals surface area contributed by atoms with Crippen molar-refractivity contribution in [2.45, 2.75) is 31.7 Å². The summed E-state index contributed by atoms with van der Waals surface area (Å²) in [6, 6.07) is 8.26. The van der Waals surface area contributed by atoms with Gasteiger partial charge in [0.2, 0.25) is 5.91 Å². The Kier molecular flexibility index (Phi) is 6.02. The first-order chi connectivity index (χ1) is 9.06. The summed E-state index contributed by atoms with van der Waals surface area (Å²) >= 11 is 0. The Bertz CT molecular complexity index is 420. The number of hydrogen-bond acceptors (Lipinski definition) is 3. The molecule has 5 heteroatoms. The zero-order chi connectivity index (χ0) is 14.3. The lowest BCUT2D eigenvalue weighted by Gasteiger charge is -2.16. The molecule has 1 rings (SSSR count). The molecule has 0 bridgehead atoms. The Hall–Kier alpha value is -1.88. The van der Waals surface area contributed by atoms with Gasteiger partial charge in [0.15, 0.2) is 0 Å². The van der Waals surface area contributed by atoms with Crippen molar-refractivity contribution in [2.75, 3.05) is 6.54 Å². The maximum absolute atomic E-state index is 11.7. The van der Waals surface area contributed by atoms with E-state index in [1.54, 1.807) is 24.3 Å². The van der Waals surface area contributed by atoms with E-state index in [9.17, 15) is 14.7 Å². The number of aliphatic carboxylic acids is 1. The van der Waals surface area contributed by atoms with Crippen molar-refractivity contribution in [3.8, 4) is 0 Å². The first-order valence-corrected chi connectivity index (χ1v) is 6.37. The second-order valence-electron chi connectivity index (χ2n) is 4.44. The summed E-state index contributed by atoms with van der Waals surface area (Å²) in [7, 11) is 0. The van der Waals surface area contributed by atoms with Crippen LogP contribution in [0.25, 0.3) is 0 Å². The van der Waals surface area contributed by atoms with Crippen LogP contribution in [0.4, 0.5) is 0 Å². The van der Waals surface area contributed by atoms with E-state index in [2.05, 4.69) is 5.32 Å². The van der Waals surface area contributed by atoms with Crippen LogP contribution in [0.2, 0.25) is 0 Å². The van der Waals surface area contributed by atoms with Gasteiger partial charge in [0, 0.05) is 6.54 Å². The molecule has 0 radical (unpaired) electrons. The average molecular weight is 264 g/mol. The summed E-state index contributed by atoms with van der Waals surface area (Å²) < 4.78 is 0. The fourth-order valence-electron chi connectivity index (χ4n) is 1.81. The predicted octanol–water partition coefficient (Wildman–Crippen LogP) is 1.10. The molecule has 19 heavy (non-hydrogen) atoms. The van der Waals surface area contributed by atoms with Gasteiger partial charge >= 0.3 is 5.97 Å². The van der Waals surface area contributed by atoms with Crippen molar-refractivity contribution >= 4 is 11.9 Å². The molecule has 104 valence electrons. The van der Waals surface area contributed by atoms with Crippen molar-refractivity contribution < 1.29 is 14.7 Å². The van der Waals surface area contributed by atoms with Gasteiger partial charge in [0.25, 0.3) is 0 Å². The van der Waals surface area contributed by atoms with Gasteiger partial charge in [0.1, 0.15) is 0 Å². The topological polar surface area (TPSA) is 92.4 Å². The third-order valence-corrected chi connectivity index (χ3v) is 2.92. The highest BCUT2D eigenvalue weighted by Gasteiger charge is 2.21. The van der Waals surface area contributed by atoms with E-state index in [0.717, 1.165) is 6.42 Å². The Morgan fingerprint density at radius 3 is 2.47 bits per heavy atom. The van der Waals surface area contributed by atoms with Crippen LogP contribution in [0.3, 0.4) is 0 Å². The van der Waals surface area contributed by atoms with Gasteiger partial charge in [-0.2, -0.15) is 0 Å². The summed E-state index contributed by atoms with van der Waals surface area (Å²) in [5.74, 6) is -2.02. The lowest BCUT2D eigenvalue weighted by Crippen LogP contribution is -2.42. The third-order valence-electron chi connectivity index (χ3n) is 2.92. The highest BCUT2D eigenvalue weighted by Crippen LogP contribution is 2.14. The molecule has 0 spiro atoms. The van der Waals surface area contributed by atoms with Gasteiger partial charge in [0.05, 0.1) is 12.0 Å². The average Bonchev–Trinajstić information content (AvgIpc) is 2.39. The molecular weight excluding hydrogens is 244 g/mol. The van der Waals surface area contributed by atoms with E-state index >= 15 is 0 Å². The maximum atomic E-state index is 11.7. The van der Waals surface area contributed by atoms with Gasteiger partial charge in [-0.15, -0.1) is 0 Å². The molecule has 1 amide bonds. The van der Waals surface area contributed by atoms with Crippen LogP contribution in [-0.4, -0.2) is 29.6 Å². The molecule has 1 aromatic rings. The summed E-state index contributed by atoms with van der Waals surface area (Å²) in [6.07, 6.45) is 1.41. The minimum absolute atomic E-state index is 0.0512. The lowest BCUT2D eigenvalue weighted by molar-refractivity contribution is -0.138. The standard InChI is InChI=1S/C14H20N2O3/c1-2-6-12(15)13(17)16-9-11(14(18)19)10-7-4-3-5-8-10/h3-5,7-8,11-12H,2,6,9,15H2,1H3,(H,16,17)(H,18,19)/t11?,12-/m1/s1. The van der Waals surface area contributed by atoms with E-state index < -0.39 is 17.9 Å². The summed E-state index contributed by atoms with van der Waals surface area (Å²) in [6.45, 7) is 1.99. The molecule has 0 saturated heterocycles. The molecule has 0 fully saturated rings.